The third-order valence-electron chi connectivity index (χ3n) is 3.96. The Morgan fingerprint density at radius 1 is 1.14 bits per heavy atom. The molecule has 2 heterocycles. The standard InChI is InChI=1S/C16H21N5O/c1-19-7-9-21(10-8-19)15-6-4-3-5-14(15)18-16(22)13-11-17-20(2)12-13/h3-6,11-12H,7-10H2,1-2H3,(H,18,22). The third kappa shape index (κ3) is 3.12. The Balaban J connectivity index is 1.78. The van der Waals surface area contributed by atoms with E-state index in [1.807, 2.05) is 18.2 Å². The topological polar surface area (TPSA) is 53.4 Å². The number of nitrogens with one attached hydrogen (secondary N) is 1. The Morgan fingerprint density at radius 3 is 2.55 bits per heavy atom. The molecule has 1 aromatic carbocycles. The molecule has 0 aliphatic carbocycles. The molecule has 1 fully saturated rings. The van der Waals surface area contributed by atoms with Gasteiger partial charge in [0.25, 0.3) is 5.91 Å². The van der Waals surface area contributed by atoms with Crippen LogP contribution >= 0.6 is 0 Å². The molecule has 22 heavy (non-hydrogen) atoms. The van der Waals surface area contributed by atoms with Crippen LogP contribution in [0.2, 0.25) is 0 Å². The first-order valence-electron chi connectivity index (χ1n) is 7.46. The molecule has 1 saturated heterocycles. The summed E-state index contributed by atoms with van der Waals surface area (Å²) in [5.41, 5.74) is 2.49. The predicted molar refractivity (Wildman–Crippen MR) is 87.3 cm³/mol. The second kappa shape index (κ2) is 6.19. The molecule has 0 radical (unpaired) electrons. The van der Waals surface area contributed by atoms with Crippen molar-refractivity contribution in [2.24, 2.45) is 7.05 Å². The van der Waals surface area contributed by atoms with E-state index >= 15 is 0 Å². The van der Waals surface area contributed by atoms with E-state index in [1.165, 1.54) is 0 Å². The SMILES string of the molecule is CN1CCN(c2ccccc2NC(=O)c2cnn(C)c2)CC1. The molecule has 0 unspecified atom stereocenters. The van der Waals surface area contributed by atoms with Crippen LogP contribution in [0.25, 0.3) is 0 Å². The zero-order valence-electron chi connectivity index (χ0n) is 13.0. The van der Waals surface area contributed by atoms with Gasteiger partial charge in [-0.05, 0) is 19.2 Å². The number of carbonyl (C=O) groups excluding carboxylic acids is 1. The quantitative estimate of drug-likeness (QED) is 0.931. The fraction of sp³-hybridized carbons (Fsp3) is 0.375. The molecule has 0 atom stereocenters. The number of para-hydroxylation sites is 2. The molecule has 0 saturated carbocycles. The van der Waals surface area contributed by atoms with Crippen molar-refractivity contribution in [1.29, 1.82) is 0 Å². The highest BCUT2D eigenvalue weighted by atomic mass is 16.1. The molecule has 1 N–H and O–H groups in total. The normalized spacial score (nSPS) is 15.8. The molecule has 6 heteroatoms. The summed E-state index contributed by atoms with van der Waals surface area (Å²) in [7, 11) is 3.93. The van der Waals surface area contributed by atoms with Crippen molar-refractivity contribution in [3.63, 3.8) is 0 Å². The zero-order valence-corrected chi connectivity index (χ0v) is 13.0. The van der Waals surface area contributed by atoms with E-state index < -0.39 is 0 Å². The molecule has 0 spiro atoms. The molecule has 6 nitrogen and oxygen atoms in total. The van der Waals surface area contributed by atoms with Gasteiger partial charge >= 0.3 is 0 Å². The van der Waals surface area contributed by atoms with Gasteiger partial charge in [-0.2, -0.15) is 5.10 Å². The second-order valence-electron chi connectivity index (χ2n) is 5.66. The highest BCUT2D eigenvalue weighted by Gasteiger charge is 2.18. The Morgan fingerprint density at radius 2 is 1.86 bits per heavy atom. The summed E-state index contributed by atoms with van der Waals surface area (Å²) in [4.78, 5) is 17.0. The fourth-order valence-electron chi connectivity index (χ4n) is 2.64. The molecule has 1 aromatic heterocycles. The summed E-state index contributed by atoms with van der Waals surface area (Å²) in [6, 6.07) is 7.96. The number of likely N-dealkylation sites (N-methyl/N-ethyl adjacent to an activating group) is 1. The summed E-state index contributed by atoms with van der Waals surface area (Å²) >= 11 is 0. The average molecular weight is 299 g/mol. The molecular weight excluding hydrogens is 278 g/mol. The summed E-state index contributed by atoms with van der Waals surface area (Å²) in [5.74, 6) is -0.130. The Labute approximate surface area is 130 Å². The van der Waals surface area contributed by atoms with Crippen molar-refractivity contribution in [3.8, 4) is 0 Å². The summed E-state index contributed by atoms with van der Waals surface area (Å²) in [6.45, 7) is 4.00. The third-order valence-corrected chi connectivity index (χ3v) is 3.96. The minimum Gasteiger partial charge on any atom is -0.367 e. The van der Waals surface area contributed by atoms with E-state index in [4.69, 9.17) is 0 Å². The van der Waals surface area contributed by atoms with Crippen LogP contribution < -0.4 is 10.2 Å². The number of nitrogens with zero attached hydrogens (tertiary/aromatic N) is 4. The van der Waals surface area contributed by atoms with Crippen molar-refractivity contribution in [3.05, 3.63) is 42.2 Å². The lowest BCUT2D eigenvalue weighted by Crippen LogP contribution is -2.44. The minimum atomic E-state index is -0.130. The van der Waals surface area contributed by atoms with Crippen LogP contribution in [0.3, 0.4) is 0 Å². The maximum Gasteiger partial charge on any atom is 0.258 e. The number of rotatable bonds is 3. The Bertz CT molecular complexity index is 658. The molecule has 1 aliphatic rings. The van der Waals surface area contributed by atoms with Crippen LogP contribution in [-0.2, 0) is 7.05 Å². The van der Waals surface area contributed by atoms with Crippen LogP contribution in [0, 0.1) is 0 Å². The number of benzene rings is 1. The maximum absolute atomic E-state index is 12.3. The fourth-order valence-corrected chi connectivity index (χ4v) is 2.64. The molecule has 1 aliphatic heterocycles. The highest BCUT2D eigenvalue weighted by Crippen LogP contribution is 2.26. The van der Waals surface area contributed by atoms with Gasteiger partial charge in [0, 0.05) is 39.4 Å². The van der Waals surface area contributed by atoms with E-state index in [-0.39, 0.29) is 5.91 Å². The first-order valence-corrected chi connectivity index (χ1v) is 7.46. The molecule has 1 amide bonds. The van der Waals surface area contributed by atoms with Crippen LogP contribution in [-0.4, -0.2) is 53.8 Å². The predicted octanol–water partition coefficient (Wildman–Crippen LogP) is 1.42. The van der Waals surface area contributed by atoms with Crippen molar-refractivity contribution in [2.75, 3.05) is 43.4 Å². The lowest BCUT2D eigenvalue weighted by molar-refractivity contribution is 0.102. The van der Waals surface area contributed by atoms with E-state index in [0.29, 0.717) is 5.56 Å². The van der Waals surface area contributed by atoms with Crippen LogP contribution in [0.5, 0.6) is 0 Å². The van der Waals surface area contributed by atoms with Gasteiger partial charge in [0.05, 0.1) is 23.1 Å². The largest absolute Gasteiger partial charge is 0.367 e. The van der Waals surface area contributed by atoms with Gasteiger partial charge in [-0.15, -0.1) is 0 Å². The van der Waals surface area contributed by atoms with Gasteiger partial charge in [0.1, 0.15) is 0 Å². The number of aromatic nitrogens is 2. The van der Waals surface area contributed by atoms with Crippen molar-refractivity contribution < 1.29 is 4.79 Å². The van der Waals surface area contributed by atoms with Gasteiger partial charge in [-0.3, -0.25) is 9.48 Å². The molecule has 2 aromatic rings. The second-order valence-corrected chi connectivity index (χ2v) is 5.66. The van der Waals surface area contributed by atoms with Crippen molar-refractivity contribution >= 4 is 17.3 Å². The monoisotopic (exact) mass is 299 g/mol. The molecule has 3 rings (SSSR count). The average Bonchev–Trinajstić information content (AvgIpc) is 2.95. The van der Waals surface area contributed by atoms with E-state index in [0.717, 1.165) is 37.6 Å². The van der Waals surface area contributed by atoms with E-state index in [9.17, 15) is 4.79 Å². The number of carbonyl (C=O) groups is 1. The summed E-state index contributed by atoms with van der Waals surface area (Å²) in [5, 5.41) is 7.04. The molecule has 116 valence electrons. The lowest BCUT2D eigenvalue weighted by Gasteiger charge is -2.35. The number of hydrogen-bond acceptors (Lipinski definition) is 4. The highest BCUT2D eigenvalue weighted by molar-refractivity contribution is 6.05. The van der Waals surface area contributed by atoms with Gasteiger partial charge in [-0.1, -0.05) is 12.1 Å². The first-order chi connectivity index (χ1) is 10.6. The van der Waals surface area contributed by atoms with Gasteiger partial charge in [0.15, 0.2) is 0 Å². The van der Waals surface area contributed by atoms with E-state index in [1.54, 1.807) is 24.1 Å². The number of aryl methyl sites for hydroxylation is 1. The van der Waals surface area contributed by atoms with Crippen LogP contribution in [0.15, 0.2) is 36.7 Å². The Hall–Kier alpha value is -2.34. The van der Waals surface area contributed by atoms with E-state index in [2.05, 4.69) is 33.3 Å². The molecule has 0 bridgehead atoms. The first kappa shape index (κ1) is 14.6. The van der Waals surface area contributed by atoms with Crippen molar-refractivity contribution in [1.82, 2.24) is 14.7 Å². The molecular formula is C16H21N5O. The number of piperazine rings is 1. The Kier molecular flexibility index (Phi) is 4.11. The summed E-state index contributed by atoms with van der Waals surface area (Å²) < 4.78 is 1.63. The number of hydrogen-bond donors (Lipinski definition) is 1. The minimum absolute atomic E-state index is 0.130. The number of anilines is 2. The van der Waals surface area contributed by atoms with Gasteiger partial charge in [0.2, 0.25) is 0 Å². The smallest absolute Gasteiger partial charge is 0.258 e. The van der Waals surface area contributed by atoms with Gasteiger partial charge < -0.3 is 15.1 Å². The van der Waals surface area contributed by atoms with Crippen molar-refractivity contribution in [2.45, 2.75) is 0 Å². The number of amides is 1. The van der Waals surface area contributed by atoms with Crippen LogP contribution in [0.4, 0.5) is 11.4 Å². The summed E-state index contributed by atoms with van der Waals surface area (Å²) in [6.07, 6.45) is 3.29. The van der Waals surface area contributed by atoms with Crippen LogP contribution in [0.1, 0.15) is 10.4 Å². The maximum atomic E-state index is 12.3. The lowest BCUT2D eigenvalue weighted by atomic mass is 10.2. The van der Waals surface area contributed by atoms with Gasteiger partial charge in [-0.25, -0.2) is 0 Å². The zero-order chi connectivity index (χ0) is 15.5.